The topological polar surface area (TPSA) is 39.7 Å². The van der Waals surface area contributed by atoms with Crippen molar-refractivity contribution in [3.8, 4) is 29.1 Å². The van der Waals surface area contributed by atoms with E-state index in [2.05, 4.69) is 37.9 Å². The van der Waals surface area contributed by atoms with Gasteiger partial charge in [0.15, 0.2) is 11.5 Å². The predicted octanol–water partition coefficient (Wildman–Crippen LogP) is 2.71. The van der Waals surface area contributed by atoms with Gasteiger partial charge in [-0.3, -0.25) is 0 Å². The summed E-state index contributed by atoms with van der Waals surface area (Å²) in [6, 6.07) is 3.84. The molecule has 0 unspecified atom stereocenters. The van der Waals surface area contributed by atoms with Crippen molar-refractivity contribution in [2.75, 3.05) is 13.4 Å². The van der Waals surface area contributed by atoms with Crippen molar-refractivity contribution in [3.05, 3.63) is 17.7 Å². The highest BCUT2D eigenvalue weighted by Gasteiger charge is 2.19. The Hall–Kier alpha value is -1.86. The molecule has 0 atom stereocenters. The molecule has 0 spiro atoms. The molecule has 1 aliphatic rings. The van der Waals surface area contributed by atoms with Gasteiger partial charge >= 0.3 is 0 Å². The van der Waals surface area contributed by atoms with E-state index in [1.807, 2.05) is 12.1 Å². The molecular formula is C16H21NO3. The third kappa shape index (κ3) is 3.82. The number of hydrogen-bond acceptors (Lipinski definition) is 4. The summed E-state index contributed by atoms with van der Waals surface area (Å²) in [6.45, 7) is 9.52. The molecule has 0 saturated heterocycles. The number of hydrogen-bond donors (Lipinski definition) is 1. The van der Waals surface area contributed by atoms with Crippen LogP contribution in [-0.4, -0.2) is 18.9 Å². The summed E-state index contributed by atoms with van der Waals surface area (Å²) in [5, 5.41) is 3.45. The molecule has 1 aromatic carbocycles. The summed E-state index contributed by atoms with van der Waals surface area (Å²) in [7, 11) is 0. The zero-order chi connectivity index (χ0) is 14.6. The second kappa shape index (κ2) is 6.06. The van der Waals surface area contributed by atoms with Crippen molar-refractivity contribution >= 4 is 0 Å². The fraction of sp³-hybridized carbons (Fsp3) is 0.500. The summed E-state index contributed by atoms with van der Waals surface area (Å²) in [6.07, 6.45) is 0. The zero-order valence-electron chi connectivity index (χ0n) is 12.5. The van der Waals surface area contributed by atoms with E-state index in [0.717, 1.165) is 22.8 Å². The summed E-state index contributed by atoms with van der Waals surface area (Å²) in [5.74, 6) is 8.00. The van der Waals surface area contributed by atoms with Gasteiger partial charge in [0, 0.05) is 23.7 Å². The molecule has 4 nitrogen and oxygen atoms in total. The molecule has 20 heavy (non-hydrogen) atoms. The molecule has 0 aliphatic carbocycles. The van der Waals surface area contributed by atoms with Gasteiger partial charge < -0.3 is 19.5 Å². The highest BCUT2D eigenvalue weighted by molar-refractivity contribution is 5.52. The Morgan fingerprint density at radius 1 is 1.25 bits per heavy atom. The molecule has 0 bridgehead atoms. The first-order valence-electron chi connectivity index (χ1n) is 6.69. The Bertz CT molecular complexity index is 535. The van der Waals surface area contributed by atoms with Gasteiger partial charge in [0.25, 0.3) is 0 Å². The van der Waals surface area contributed by atoms with Crippen molar-refractivity contribution in [2.24, 2.45) is 0 Å². The van der Waals surface area contributed by atoms with E-state index >= 15 is 0 Å². The van der Waals surface area contributed by atoms with E-state index in [9.17, 15) is 0 Å². The summed E-state index contributed by atoms with van der Waals surface area (Å²) >= 11 is 0. The highest BCUT2D eigenvalue weighted by Crippen LogP contribution is 2.38. The van der Waals surface area contributed by atoms with Crippen molar-refractivity contribution in [2.45, 2.75) is 39.8 Å². The maximum absolute atomic E-state index is 5.72. The Kier molecular flexibility index (Phi) is 4.41. The molecule has 0 saturated carbocycles. The normalized spacial score (nSPS) is 12.8. The molecule has 0 radical (unpaired) electrons. The molecule has 4 heteroatoms. The fourth-order valence-electron chi connectivity index (χ4n) is 1.78. The molecular weight excluding hydrogens is 254 g/mol. The van der Waals surface area contributed by atoms with Gasteiger partial charge in [0.2, 0.25) is 6.79 Å². The number of benzene rings is 1. The fourth-order valence-corrected chi connectivity index (χ4v) is 1.78. The maximum Gasteiger partial charge on any atom is 0.231 e. The summed E-state index contributed by atoms with van der Waals surface area (Å²) < 4.78 is 16.5. The van der Waals surface area contributed by atoms with Gasteiger partial charge in [-0.1, -0.05) is 5.92 Å². The molecule has 0 fully saturated rings. The Labute approximate surface area is 120 Å². The molecule has 1 aliphatic heterocycles. The Morgan fingerprint density at radius 3 is 2.60 bits per heavy atom. The van der Waals surface area contributed by atoms with E-state index in [4.69, 9.17) is 14.2 Å². The minimum atomic E-state index is 0.0386. The number of nitrogens with one attached hydrogen (secondary N) is 1. The van der Waals surface area contributed by atoms with Crippen LogP contribution in [0.1, 0.15) is 33.3 Å². The molecule has 2 rings (SSSR count). The van der Waals surface area contributed by atoms with Crippen molar-refractivity contribution in [3.63, 3.8) is 0 Å². The lowest BCUT2D eigenvalue weighted by Crippen LogP contribution is -2.35. The SMILES string of the molecule is CC#CCOc1cc2c(cc1CNC(C)(C)C)OCO2. The molecule has 1 aromatic rings. The summed E-state index contributed by atoms with van der Waals surface area (Å²) in [5.41, 5.74) is 1.08. The van der Waals surface area contributed by atoms with Crippen molar-refractivity contribution in [1.82, 2.24) is 5.32 Å². The minimum absolute atomic E-state index is 0.0386. The molecule has 108 valence electrons. The molecule has 0 amide bonds. The first kappa shape index (κ1) is 14.5. The minimum Gasteiger partial charge on any atom is -0.480 e. The molecule has 1 heterocycles. The van der Waals surface area contributed by atoms with E-state index in [-0.39, 0.29) is 12.3 Å². The van der Waals surface area contributed by atoms with E-state index in [0.29, 0.717) is 13.2 Å². The smallest absolute Gasteiger partial charge is 0.231 e. The van der Waals surface area contributed by atoms with Crippen molar-refractivity contribution in [1.29, 1.82) is 0 Å². The van der Waals surface area contributed by atoms with Crippen LogP contribution in [0.3, 0.4) is 0 Å². The third-order valence-corrected chi connectivity index (χ3v) is 2.84. The average Bonchev–Trinajstić information content (AvgIpc) is 2.82. The standard InChI is InChI=1S/C16H21NO3/c1-5-6-7-18-13-9-15-14(19-11-20-15)8-12(13)10-17-16(2,3)4/h8-9,17H,7,10-11H2,1-4H3. The summed E-state index contributed by atoms with van der Waals surface area (Å²) in [4.78, 5) is 0. The average molecular weight is 275 g/mol. The van der Waals surface area contributed by atoms with Gasteiger partial charge in [-0.15, -0.1) is 5.92 Å². The van der Waals surface area contributed by atoms with Gasteiger partial charge in [0.1, 0.15) is 12.4 Å². The number of ether oxygens (including phenoxy) is 3. The highest BCUT2D eigenvalue weighted by atomic mass is 16.7. The lowest BCUT2D eigenvalue weighted by Gasteiger charge is -2.21. The number of rotatable bonds is 4. The van der Waals surface area contributed by atoms with Gasteiger partial charge in [-0.2, -0.15) is 0 Å². The first-order valence-corrected chi connectivity index (χ1v) is 6.69. The lowest BCUT2D eigenvalue weighted by atomic mass is 10.1. The van der Waals surface area contributed by atoms with Crippen LogP contribution in [0.25, 0.3) is 0 Å². The van der Waals surface area contributed by atoms with Crippen LogP contribution < -0.4 is 19.5 Å². The van der Waals surface area contributed by atoms with Crippen molar-refractivity contribution < 1.29 is 14.2 Å². The molecule has 1 N–H and O–H groups in total. The van der Waals surface area contributed by atoms with Crippen LogP contribution in [0.15, 0.2) is 12.1 Å². The van der Waals surface area contributed by atoms with Crippen LogP contribution in [0.5, 0.6) is 17.2 Å². The monoisotopic (exact) mass is 275 g/mol. The first-order chi connectivity index (χ1) is 9.49. The second-order valence-electron chi connectivity index (χ2n) is 5.63. The van der Waals surface area contributed by atoms with Gasteiger partial charge in [-0.05, 0) is 33.8 Å². The quantitative estimate of drug-likeness (QED) is 0.858. The van der Waals surface area contributed by atoms with E-state index in [1.54, 1.807) is 6.92 Å². The predicted molar refractivity (Wildman–Crippen MR) is 78.1 cm³/mol. The van der Waals surface area contributed by atoms with Crippen LogP contribution in [0.4, 0.5) is 0 Å². The second-order valence-corrected chi connectivity index (χ2v) is 5.63. The third-order valence-electron chi connectivity index (χ3n) is 2.84. The molecule has 0 aromatic heterocycles. The van der Waals surface area contributed by atoms with Crippen LogP contribution >= 0.6 is 0 Å². The van der Waals surface area contributed by atoms with Gasteiger partial charge in [0.05, 0.1) is 0 Å². The largest absolute Gasteiger partial charge is 0.480 e. The maximum atomic E-state index is 5.72. The Balaban J connectivity index is 2.19. The van der Waals surface area contributed by atoms with E-state index in [1.165, 1.54) is 0 Å². The van der Waals surface area contributed by atoms with Gasteiger partial charge in [-0.25, -0.2) is 0 Å². The van der Waals surface area contributed by atoms with Crippen LogP contribution in [0.2, 0.25) is 0 Å². The van der Waals surface area contributed by atoms with E-state index < -0.39 is 0 Å². The lowest BCUT2D eigenvalue weighted by molar-refractivity contribution is 0.174. The van der Waals surface area contributed by atoms with Crippen LogP contribution in [-0.2, 0) is 6.54 Å². The zero-order valence-corrected chi connectivity index (χ0v) is 12.5. The number of fused-ring (bicyclic) bond motifs is 1. The van der Waals surface area contributed by atoms with Crippen LogP contribution in [0, 0.1) is 11.8 Å². The Morgan fingerprint density at radius 2 is 1.95 bits per heavy atom.